The number of rotatable bonds is 5. The van der Waals surface area contributed by atoms with Crippen molar-refractivity contribution in [2.24, 2.45) is 0 Å². The Kier molecular flexibility index (Phi) is 4.76. The summed E-state index contributed by atoms with van der Waals surface area (Å²) in [6.07, 6.45) is 2.75. The second kappa shape index (κ2) is 6.19. The third kappa shape index (κ3) is 3.18. The highest BCUT2D eigenvalue weighted by Crippen LogP contribution is 2.29. The van der Waals surface area contributed by atoms with Crippen LogP contribution in [-0.4, -0.2) is 34.7 Å². The van der Waals surface area contributed by atoms with E-state index in [1.165, 1.54) is 12.1 Å². The Balaban J connectivity index is 2.14. The van der Waals surface area contributed by atoms with Crippen LogP contribution in [0.2, 0.25) is 0 Å². The molecule has 2 nitrogen and oxygen atoms in total. The number of hydrogen-bond donors (Lipinski definition) is 1. The van der Waals surface area contributed by atoms with E-state index < -0.39 is 17.7 Å². The molecule has 2 rings (SSSR count). The van der Waals surface area contributed by atoms with Crippen molar-refractivity contribution in [3.05, 3.63) is 35.4 Å². The minimum atomic E-state index is -0.633. The SMILES string of the molecule is CCC(C)(C(O)Cc1cc(F)cc(F)c1)N1CCCC1. The first kappa shape index (κ1) is 15.4. The highest BCUT2D eigenvalue weighted by molar-refractivity contribution is 5.19. The van der Waals surface area contributed by atoms with E-state index in [1.807, 2.05) is 13.8 Å². The molecule has 1 fully saturated rings. The van der Waals surface area contributed by atoms with Crippen molar-refractivity contribution in [2.45, 2.75) is 51.2 Å². The molecule has 1 aliphatic rings. The average molecular weight is 283 g/mol. The first-order valence-electron chi connectivity index (χ1n) is 7.34. The average Bonchev–Trinajstić information content (AvgIpc) is 2.90. The van der Waals surface area contributed by atoms with Crippen LogP contribution in [0.3, 0.4) is 0 Å². The summed E-state index contributed by atoms with van der Waals surface area (Å²) in [5, 5.41) is 10.6. The molecule has 2 unspecified atom stereocenters. The Bertz CT molecular complexity index is 440. The standard InChI is InChI=1S/C16H23F2NO/c1-3-16(2,19-6-4-5-7-19)15(20)10-12-8-13(17)11-14(18)9-12/h8-9,11,15,20H,3-7,10H2,1-2H3. The molecule has 20 heavy (non-hydrogen) atoms. The summed E-state index contributed by atoms with van der Waals surface area (Å²) in [5.41, 5.74) is 0.174. The molecule has 1 aliphatic heterocycles. The van der Waals surface area contributed by atoms with E-state index in [1.54, 1.807) is 0 Å². The van der Waals surface area contributed by atoms with Crippen molar-refractivity contribution in [3.63, 3.8) is 0 Å². The van der Waals surface area contributed by atoms with Gasteiger partial charge in [-0.25, -0.2) is 8.78 Å². The summed E-state index contributed by atoms with van der Waals surface area (Å²) in [6, 6.07) is 3.45. The van der Waals surface area contributed by atoms with Gasteiger partial charge in [0.25, 0.3) is 0 Å². The summed E-state index contributed by atoms with van der Waals surface area (Å²) >= 11 is 0. The third-order valence-corrected chi connectivity index (χ3v) is 4.61. The maximum absolute atomic E-state index is 13.2. The minimum Gasteiger partial charge on any atom is -0.391 e. The van der Waals surface area contributed by atoms with Gasteiger partial charge in [-0.05, 0) is 57.0 Å². The predicted molar refractivity (Wildman–Crippen MR) is 75.6 cm³/mol. The molecule has 1 N–H and O–H groups in total. The molecule has 1 aromatic carbocycles. The fourth-order valence-corrected chi connectivity index (χ4v) is 3.07. The Morgan fingerprint density at radius 3 is 2.25 bits per heavy atom. The lowest BCUT2D eigenvalue weighted by molar-refractivity contribution is -0.0117. The van der Waals surface area contributed by atoms with Crippen LogP contribution in [0.5, 0.6) is 0 Å². The van der Waals surface area contributed by atoms with Crippen molar-refractivity contribution in [1.29, 1.82) is 0 Å². The molecule has 1 aromatic rings. The van der Waals surface area contributed by atoms with E-state index in [4.69, 9.17) is 0 Å². The normalized spacial score (nSPS) is 20.9. The summed E-state index contributed by atoms with van der Waals surface area (Å²) < 4.78 is 26.5. The van der Waals surface area contributed by atoms with Crippen molar-refractivity contribution in [3.8, 4) is 0 Å². The van der Waals surface area contributed by atoms with E-state index in [-0.39, 0.29) is 12.0 Å². The minimum absolute atomic E-state index is 0.273. The molecule has 0 saturated carbocycles. The maximum Gasteiger partial charge on any atom is 0.126 e. The number of hydrogen-bond acceptors (Lipinski definition) is 2. The van der Waals surface area contributed by atoms with Crippen LogP contribution in [0.1, 0.15) is 38.7 Å². The quantitative estimate of drug-likeness (QED) is 0.897. The fourth-order valence-electron chi connectivity index (χ4n) is 3.07. The zero-order valence-electron chi connectivity index (χ0n) is 12.2. The molecule has 2 atom stereocenters. The van der Waals surface area contributed by atoms with Crippen molar-refractivity contribution in [1.82, 2.24) is 4.90 Å². The van der Waals surface area contributed by atoms with Crippen molar-refractivity contribution >= 4 is 0 Å². The van der Waals surface area contributed by atoms with Gasteiger partial charge in [-0.15, -0.1) is 0 Å². The van der Waals surface area contributed by atoms with Crippen molar-refractivity contribution < 1.29 is 13.9 Å². The van der Waals surface area contributed by atoms with Crippen molar-refractivity contribution in [2.75, 3.05) is 13.1 Å². The third-order valence-electron chi connectivity index (χ3n) is 4.61. The van der Waals surface area contributed by atoms with Gasteiger partial charge >= 0.3 is 0 Å². The zero-order chi connectivity index (χ0) is 14.8. The van der Waals surface area contributed by atoms with Crippen LogP contribution < -0.4 is 0 Å². The Morgan fingerprint density at radius 1 is 1.20 bits per heavy atom. The van der Waals surface area contributed by atoms with Gasteiger partial charge in [-0.1, -0.05) is 6.92 Å². The molecular formula is C16H23F2NO. The second-order valence-electron chi connectivity index (χ2n) is 5.90. The van der Waals surface area contributed by atoms with Crippen LogP contribution in [0.4, 0.5) is 8.78 Å². The fraction of sp³-hybridized carbons (Fsp3) is 0.625. The van der Waals surface area contributed by atoms with E-state index in [9.17, 15) is 13.9 Å². The van der Waals surface area contributed by atoms with Gasteiger partial charge < -0.3 is 5.11 Å². The lowest BCUT2D eigenvalue weighted by Crippen LogP contribution is -2.53. The molecule has 0 radical (unpaired) electrons. The zero-order valence-corrected chi connectivity index (χ0v) is 12.2. The van der Waals surface area contributed by atoms with Gasteiger partial charge in [0.1, 0.15) is 11.6 Å². The lowest BCUT2D eigenvalue weighted by atomic mass is 9.86. The maximum atomic E-state index is 13.2. The first-order chi connectivity index (χ1) is 9.45. The molecule has 0 aliphatic carbocycles. The molecule has 1 saturated heterocycles. The van der Waals surface area contributed by atoms with Gasteiger partial charge in [0.15, 0.2) is 0 Å². The second-order valence-corrected chi connectivity index (χ2v) is 5.90. The topological polar surface area (TPSA) is 23.5 Å². The van der Waals surface area contributed by atoms with Crippen LogP contribution >= 0.6 is 0 Å². The first-order valence-corrected chi connectivity index (χ1v) is 7.34. The van der Waals surface area contributed by atoms with Gasteiger partial charge in [-0.2, -0.15) is 0 Å². The number of aliphatic hydroxyl groups is 1. The van der Waals surface area contributed by atoms with E-state index in [0.29, 0.717) is 5.56 Å². The summed E-state index contributed by atoms with van der Waals surface area (Å²) in [7, 11) is 0. The highest BCUT2D eigenvalue weighted by atomic mass is 19.1. The van der Waals surface area contributed by atoms with Gasteiger partial charge in [0, 0.05) is 18.0 Å². The Hall–Kier alpha value is -1.00. The Morgan fingerprint density at radius 2 is 1.75 bits per heavy atom. The highest BCUT2D eigenvalue weighted by Gasteiger charge is 2.38. The van der Waals surface area contributed by atoms with Crippen LogP contribution in [-0.2, 0) is 6.42 Å². The van der Waals surface area contributed by atoms with E-state index >= 15 is 0 Å². The molecule has 0 aromatic heterocycles. The molecule has 112 valence electrons. The van der Waals surface area contributed by atoms with Gasteiger partial charge in [0.2, 0.25) is 0 Å². The van der Waals surface area contributed by atoms with Gasteiger partial charge in [-0.3, -0.25) is 4.90 Å². The number of benzene rings is 1. The lowest BCUT2D eigenvalue weighted by Gasteiger charge is -2.42. The number of aliphatic hydroxyl groups excluding tert-OH is 1. The van der Waals surface area contributed by atoms with Gasteiger partial charge in [0.05, 0.1) is 6.10 Å². The van der Waals surface area contributed by atoms with Crippen LogP contribution in [0, 0.1) is 11.6 Å². The molecule has 4 heteroatoms. The smallest absolute Gasteiger partial charge is 0.126 e. The molecule has 0 bridgehead atoms. The monoisotopic (exact) mass is 283 g/mol. The predicted octanol–water partition coefficient (Wildman–Crippen LogP) is 3.13. The molecule has 0 amide bonds. The van der Waals surface area contributed by atoms with E-state index in [2.05, 4.69) is 4.90 Å². The number of halogens is 2. The Labute approximate surface area is 119 Å². The van der Waals surface area contributed by atoms with Crippen LogP contribution in [0.25, 0.3) is 0 Å². The van der Waals surface area contributed by atoms with E-state index in [0.717, 1.165) is 38.4 Å². The largest absolute Gasteiger partial charge is 0.391 e. The summed E-state index contributed by atoms with van der Waals surface area (Å²) in [4.78, 5) is 2.30. The van der Waals surface area contributed by atoms with Crippen LogP contribution in [0.15, 0.2) is 18.2 Å². The summed E-state index contributed by atoms with van der Waals surface area (Å²) in [6.45, 7) is 6.06. The molecular weight excluding hydrogens is 260 g/mol. The molecule has 0 spiro atoms. The molecule has 1 heterocycles. The number of likely N-dealkylation sites (tertiary alicyclic amines) is 1. The summed E-state index contributed by atoms with van der Waals surface area (Å²) in [5.74, 6) is -1.18. The number of nitrogens with zero attached hydrogens (tertiary/aromatic N) is 1.